The lowest BCUT2D eigenvalue weighted by molar-refractivity contribution is 1.41. The first kappa shape index (κ1) is 8.62. The number of thiophene rings is 1. The van der Waals surface area contributed by atoms with Gasteiger partial charge in [-0.25, -0.2) is 0 Å². The van der Waals surface area contributed by atoms with Crippen molar-refractivity contribution in [2.45, 2.75) is 0 Å². The first-order chi connectivity index (χ1) is 7.45. The molecule has 0 saturated heterocycles. The van der Waals surface area contributed by atoms with E-state index < -0.39 is 0 Å². The lowest BCUT2D eigenvalue weighted by atomic mass is 10.1. The highest BCUT2D eigenvalue weighted by Gasteiger charge is 2.04. The van der Waals surface area contributed by atoms with Crippen LogP contribution in [0.25, 0.3) is 21.3 Å². The molecular formula is C13H8NS. The molecule has 0 N–H and O–H groups in total. The summed E-state index contributed by atoms with van der Waals surface area (Å²) in [7, 11) is 0. The summed E-state index contributed by atoms with van der Waals surface area (Å²) in [5, 5.41) is 4.29. The minimum Gasteiger partial charge on any atom is -0.256 e. The molecular weight excluding hydrogens is 202 g/mol. The van der Waals surface area contributed by atoms with E-state index in [1.807, 2.05) is 18.3 Å². The molecule has 15 heavy (non-hydrogen) atoms. The number of fused-ring (bicyclic) bond motifs is 1. The second-order valence-corrected chi connectivity index (χ2v) is 4.18. The van der Waals surface area contributed by atoms with Gasteiger partial charge < -0.3 is 0 Å². The number of aromatic nitrogens is 1. The molecule has 2 heterocycles. The van der Waals surface area contributed by atoms with E-state index in [4.69, 9.17) is 0 Å². The summed E-state index contributed by atoms with van der Waals surface area (Å²) in [5.41, 5.74) is 2.26. The molecule has 0 saturated carbocycles. The molecule has 0 aliphatic rings. The van der Waals surface area contributed by atoms with Crippen LogP contribution in [0.15, 0.2) is 48.7 Å². The van der Waals surface area contributed by atoms with Crippen molar-refractivity contribution >= 4 is 22.2 Å². The van der Waals surface area contributed by atoms with E-state index in [0.29, 0.717) is 0 Å². The van der Waals surface area contributed by atoms with Crippen molar-refractivity contribution in [2.24, 2.45) is 0 Å². The van der Waals surface area contributed by atoms with Gasteiger partial charge in [0.25, 0.3) is 0 Å². The topological polar surface area (TPSA) is 12.9 Å². The van der Waals surface area contributed by atoms with E-state index in [2.05, 4.69) is 40.7 Å². The van der Waals surface area contributed by atoms with Crippen LogP contribution in [0.5, 0.6) is 0 Å². The number of para-hydroxylation sites is 1. The van der Waals surface area contributed by atoms with Gasteiger partial charge in [0.15, 0.2) is 0 Å². The first-order valence-corrected chi connectivity index (χ1v) is 5.57. The van der Waals surface area contributed by atoms with Crippen LogP contribution in [0.2, 0.25) is 0 Å². The summed E-state index contributed by atoms with van der Waals surface area (Å²) in [4.78, 5) is 5.65. The van der Waals surface area contributed by atoms with Crippen LogP contribution in [0.1, 0.15) is 0 Å². The number of hydrogen-bond donors (Lipinski definition) is 0. The maximum Gasteiger partial charge on any atom is 0.0788 e. The van der Waals surface area contributed by atoms with E-state index in [9.17, 15) is 0 Å². The molecule has 71 valence electrons. The summed E-state index contributed by atoms with van der Waals surface area (Å²) >= 11 is 1.63. The molecule has 0 bridgehead atoms. The Hall–Kier alpha value is -1.67. The van der Waals surface area contributed by atoms with E-state index in [1.54, 1.807) is 11.3 Å². The average molecular weight is 210 g/mol. The summed E-state index contributed by atoms with van der Waals surface area (Å²) in [6, 6.07) is 14.3. The number of nitrogens with zero attached hydrogens (tertiary/aromatic N) is 1. The van der Waals surface area contributed by atoms with E-state index in [1.165, 1.54) is 15.8 Å². The molecule has 3 rings (SSSR count). The summed E-state index contributed by atoms with van der Waals surface area (Å²) in [6.45, 7) is 0. The van der Waals surface area contributed by atoms with Gasteiger partial charge >= 0.3 is 0 Å². The van der Waals surface area contributed by atoms with Crippen LogP contribution < -0.4 is 0 Å². The molecule has 1 nitrogen and oxygen atoms in total. The molecule has 0 aliphatic carbocycles. The number of rotatable bonds is 1. The zero-order valence-corrected chi connectivity index (χ0v) is 8.79. The van der Waals surface area contributed by atoms with E-state index in [-0.39, 0.29) is 0 Å². The third-order valence-electron chi connectivity index (χ3n) is 2.37. The Labute approximate surface area is 92.0 Å². The minimum atomic E-state index is 1.07. The van der Waals surface area contributed by atoms with Gasteiger partial charge in [0.05, 0.1) is 5.52 Å². The number of hydrogen-bond acceptors (Lipinski definition) is 2. The Morgan fingerprint density at radius 3 is 2.87 bits per heavy atom. The van der Waals surface area contributed by atoms with Crippen molar-refractivity contribution < 1.29 is 0 Å². The minimum absolute atomic E-state index is 1.07. The number of benzene rings is 1. The highest BCUT2D eigenvalue weighted by molar-refractivity contribution is 7.13. The standard InChI is InChI=1S/C13H8NS/c1-4-10-5-2-8-14-13(10)11(6-1)12-7-3-9-15-12/h1-8H. The van der Waals surface area contributed by atoms with Gasteiger partial charge in [-0.3, -0.25) is 4.98 Å². The molecule has 2 aromatic heterocycles. The fourth-order valence-corrected chi connectivity index (χ4v) is 2.36. The molecule has 2 heteroatoms. The fourth-order valence-electron chi connectivity index (χ4n) is 1.69. The number of pyridine rings is 1. The largest absolute Gasteiger partial charge is 0.256 e. The molecule has 0 fully saturated rings. The Morgan fingerprint density at radius 2 is 2.00 bits per heavy atom. The first-order valence-electron chi connectivity index (χ1n) is 4.75. The maximum atomic E-state index is 4.43. The predicted octanol–water partition coefficient (Wildman–Crippen LogP) is 3.76. The maximum absolute atomic E-state index is 4.43. The van der Waals surface area contributed by atoms with E-state index >= 15 is 0 Å². The SMILES string of the molecule is [c]1ccc(-c2cccc3cccnc23)s1. The van der Waals surface area contributed by atoms with Crippen molar-refractivity contribution in [1.29, 1.82) is 0 Å². The quantitative estimate of drug-likeness (QED) is 0.596. The van der Waals surface area contributed by atoms with Gasteiger partial charge in [0.1, 0.15) is 0 Å². The zero-order chi connectivity index (χ0) is 10.1. The van der Waals surface area contributed by atoms with Crippen molar-refractivity contribution in [2.75, 3.05) is 0 Å². The Kier molecular flexibility index (Phi) is 2.00. The predicted molar refractivity (Wildman–Crippen MR) is 63.9 cm³/mol. The Balaban J connectivity index is 2.36. The van der Waals surface area contributed by atoms with Crippen molar-refractivity contribution in [3.63, 3.8) is 0 Å². The molecule has 1 radical (unpaired) electrons. The van der Waals surface area contributed by atoms with Crippen LogP contribution in [0.3, 0.4) is 0 Å². The third kappa shape index (κ3) is 1.43. The highest BCUT2D eigenvalue weighted by Crippen LogP contribution is 2.29. The zero-order valence-electron chi connectivity index (χ0n) is 7.97. The normalized spacial score (nSPS) is 10.7. The molecule has 0 amide bonds. The summed E-state index contributed by atoms with van der Waals surface area (Å²) in [5.74, 6) is 0. The van der Waals surface area contributed by atoms with Crippen molar-refractivity contribution in [1.82, 2.24) is 4.98 Å². The van der Waals surface area contributed by atoms with Crippen LogP contribution in [0, 0.1) is 5.38 Å². The summed E-state index contributed by atoms with van der Waals surface area (Å²) < 4.78 is 0. The molecule has 0 spiro atoms. The second-order valence-electron chi connectivity index (χ2n) is 3.30. The molecule has 0 aliphatic heterocycles. The van der Waals surface area contributed by atoms with Gasteiger partial charge in [-0.2, -0.15) is 0 Å². The monoisotopic (exact) mass is 210 g/mol. The van der Waals surface area contributed by atoms with E-state index in [0.717, 1.165) is 5.52 Å². The highest BCUT2D eigenvalue weighted by atomic mass is 32.1. The Morgan fingerprint density at radius 1 is 1.07 bits per heavy atom. The lowest BCUT2D eigenvalue weighted by Crippen LogP contribution is -1.81. The van der Waals surface area contributed by atoms with Gasteiger partial charge in [0, 0.05) is 27.4 Å². The third-order valence-corrected chi connectivity index (χ3v) is 3.20. The second kappa shape index (κ2) is 3.48. The average Bonchev–Trinajstić information content (AvgIpc) is 2.82. The molecule has 1 aromatic carbocycles. The fraction of sp³-hybridized carbons (Fsp3) is 0. The lowest BCUT2D eigenvalue weighted by Gasteiger charge is -2.02. The molecule has 3 aromatic rings. The van der Waals surface area contributed by atoms with Crippen molar-refractivity contribution in [3.05, 3.63) is 54.0 Å². The van der Waals surface area contributed by atoms with Gasteiger partial charge in [-0.05, 0) is 18.2 Å². The van der Waals surface area contributed by atoms with Crippen LogP contribution >= 0.6 is 11.3 Å². The van der Waals surface area contributed by atoms with Gasteiger partial charge in [-0.1, -0.05) is 24.3 Å². The van der Waals surface area contributed by atoms with Crippen LogP contribution in [-0.4, -0.2) is 4.98 Å². The van der Waals surface area contributed by atoms with Crippen molar-refractivity contribution in [3.8, 4) is 10.4 Å². The van der Waals surface area contributed by atoms with Gasteiger partial charge in [0.2, 0.25) is 0 Å². The molecule has 0 unspecified atom stereocenters. The van der Waals surface area contributed by atoms with Crippen LogP contribution in [-0.2, 0) is 0 Å². The molecule has 0 atom stereocenters. The van der Waals surface area contributed by atoms with Gasteiger partial charge in [-0.15, -0.1) is 11.3 Å². The Bertz CT molecular complexity index is 579. The summed E-state index contributed by atoms with van der Waals surface area (Å²) in [6.07, 6.45) is 1.84. The van der Waals surface area contributed by atoms with Crippen LogP contribution in [0.4, 0.5) is 0 Å². The smallest absolute Gasteiger partial charge is 0.0788 e.